The molecule has 3 rings (SSSR count). The number of anilines is 1. The van der Waals surface area contributed by atoms with Crippen LogP contribution < -0.4 is 14.8 Å². The van der Waals surface area contributed by atoms with E-state index in [1.165, 1.54) is 25.3 Å². The summed E-state index contributed by atoms with van der Waals surface area (Å²) in [7, 11) is -2.77. The summed E-state index contributed by atoms with van der Waals surface area (Å²) in [5, 5.41) is 2.48. The largest absolute Gasteiger partial charge is 0.495 e. The van der Waals surface area contributed by atoms with Crippen molar-refractivity contribution in [3.05, 3.63) is 88.1 Å². The third-order valence-electron chi connectivity index (χ3n) is 4.69. The number of amides is 1. The highest BCUT2D eigenvalue weighted by Gasteiger charge is 2.29. The van der Waals surface area contributed by atoms with Crippen molar-refractivity contribution in [2.24, 2.45) is 0 Å². The first-order valence-electron chi connectivity index (χ1n) is 9.66. The fourth-order valence-electron chi connectivity index (χ4n) is 3.09. The van der Waals surface area contributed by atoms with Crippen molar-refractivity contribution in [3.63, 3.8) is 0 Å². The molecule has 0 spiro atoms. The molecule has 0 radical (unpaired) electrons. The predicted molar refractivity (Wildman–Crippen MR) is 125 cm³/mol. The number of methoxy groups -OCH3 is 1. The minimum absolute atomic E-state index is 0.0522. The molecule has 168 valence electrons. The molecule has 3 aromatic carbocycles. The highest BCUT2D eigenvalue weighted by molar-refractivity contribution is 9.10. The summed E-state index contributed by atoms with van der Waals surface area (Å²) in [5.41, 5.74) is 1.40. The third kappa shape index (κ3) is 5.93. The Morgan fingerprint density at radius 2 is 1.81 bits per heavy atom. The van der Waals surface area contributed by atoms with Gasteiger partial charge in [-0.05, 0) is 54.8 Å². The van der Waals surface area contributed by atoms with Gasteiger partial charge in [0.2, 0.25) is 15.9 Å². The molecule has 3 aromatic rings. The van der Waals surface area contributed by atoms with Gasteiger partial charge in [-0.2, -0.15) is 4.72 Å². The summed E-state index contributed by atoms with van der Waals surface area (Å²) in [5.74, 6) is -1.18. The van der Waals surface area contributed by atoms with E-state index in [-0.39, 0.29) is 22.8 Å². The van der Waals surface area contributed by atoms with Crippen LogP contribution >= 0.6 is 15.9 Å². The first-order valence-corrected chi connectivity index (χ1v) is 11.9. The van der Waals surface area contributed by atoms with Crippen LogP contribution in [0, 0.1) is 12.7 Å². The molecule has 0 aliphatic heterocycles. The van der Waals surface area contributed by atoms with E-state index in [0.717, 1.165) is 5.56 Å². The topological polar surface area (TPSA) is 84.5 Å². The maximum atomic E-state index is 14.2. The monoisotopic (exact) mass is 520 g/mol. The summed E-state index contributed by atoms with van der Waals surface area (Å²) >= 11 is 3.16. The second kappa shape index (κ2) is 10.2. The van der Waals surface area contributed by atoms with Crippen LogP contribution in [0.1, 0.15) is 11.1 Å². The molecule has 6 nitrogen and oxygen atoms in total. The fourth-order valence-corrected chi connectivity index (χ4v) is 4.88. The summed E-state index contributed by atoms with van der Waals surface area (Å²) in [6.45, 7) is 1.75. The number of ether oxygens (including phenoxy) is 1. The lowest BCUT2D eigenvalue weighted by Gasteiger charge is -2.20. The zero-order valence-electron chi connectivity index (χ0n) is 17.4. The number of nitrogens with one attached hydrogen (secondary N) is 2. The lowest BCUT2D eigenvalue weighted by atomic mass is 10.1. The molecule has 1 amide bonds. The second-order valence-electron chi connectivity index (χ2n) is 7.13. The highest BCUT2D eigenvalue weighted by atomic mass is 79.9. The van der Waals surface area contributed by atoms with E-state index >= 15 is 0 Å². The second-order valence-corrected chi connectivity index (χ2v) is 9.73. The van der Waals surface area contributed by atoms with Gasteiger partial charge in [-0.15, -0.1) is 0 Å². The first-order chi connectivity index (χ1) is 15.2. The molecular weight excluding hydrogens is 499 g/mol. The molecule has 0 heterocycles. The number of sulfonamides is 1. The molecule has 9 heteroatoms. The van der Waals surface area contributed by atoms with Crippen molar-refractivity contribution in [2.75, 3.05) is 12.4 Å². The number of carbonyl (C=O) groups excluding carboxylic acids is 1. The molecule has 0 aromatic heterocycles. The number of halogens is 2. The molecule has 1 atom stereocenters. The molecule has 0 bridgehead atoms. The van der Waals surface area contributed by atoms with Crippen LogP contribution in [-0.2, 0) is 21.2 Å². The van der Waals surface area contributed by atoms with Gasteiger partial charge in [0.1, 0.15) is 22.5 Å². The van der Waals surface area contributed by atoms with E-state index in [4.69, 9.17) is 4.74 Å². The number of carbonyl (C=O) groups is 1. The van der Waals surface area contributed by atoms with E-state index in [9.17, 15) is 17.6 Å². The van der Waals surface area contributed by atoms with Gasteiger partial charge in [-0.25, -0.2) is 12.8 Å². The fraction of sp³-hybridized carbons (Fsp3) is 0.174. The minimum Gasteiger partial charge on any atom is -0.495 e. The van der Waals surface area contributed by atoms with Gasteiger partial charge < -0.3 is 10.1 Å². The zero-order chi connectivity index (χ0) is 23.3. The SMILES string of the molecule is COc1ccc(C)cc1S(=O)(=O)NC(Cc1ccccc1)C(=O)Nc1ccc(Br)cc1F. The standard InChI is InChI=1S/C23H22BrFN2O4S/c1-15-8-11-21(31-2)22(12-15)32(29,30)27-20(13-16-6-4-3-5-7-16)23(28)26-19-10-9-17(24)14-18(19)25/h3-12,14,20,27H,13H2,1-2H3,(H,26,28). The Balaban J connectivity index is 1.93. The van der Waals surface area contributed by atoms with Crippen molar-refractivity contribution in [3.8, 4) is 5.75 Å². The van der Waals surface area contributed by atoms with E-state index in [1.54, 1.807) is 49.4 Å². The lowest BCUT2D eigenvalue weighted by Crippen LogP contribution is -2.45. The number of aryl methyl sites for hydroxylation is 1. The average Bonchev–Trinajstić information content (AvgIpc) is 2.75. The van der Waals surface area contributed by atoms with Gasteiger partial charge in [0.15, 0.2) is 0 Å². The number of hydrogen-bond donors (Lipinski definition) is 2. The van der Waals surface area contributed by atoms with Crippen LogP contribution in [0.25, 0.3) is 0 Å². The van der Waals surface area contributed by atoms with Crippen molar-refractivity contribution >= 4 is 37.5 Å². The van der Waals surface area contributed by atoms with Gasteiger partial charge in [0.25, 0.3) is 0 Å². The molecule has 32 heavy (non-hydrogen) atoms. The molecular formula is C23H22BrFN2O4S. The Bertz CT molecular complexity index is 1220. The molecule has 0 saturated carbocycles. The van der Waals surface area contributed by atoms with E-state index < -0.39 is 27.8 Å². The van der Waals surface area contributed by atoms with Gasteiger partial charge >= 0.3 is 0 Å². The molecule has 1 unspecified atom stereocenters. The van der Waals surface area contributed by atoms with Crippen molar-refractivity contribution in [2.45, 2.75) is 24.3 Å². The van der Waals surface area contributed by atoms with Crippen LogP contribution in [0.4, 0.5) is 10.1 Å². The van der Waals surface area contributed by atoms with Crippen LogP contribution in [0.2, 0.25) is 0 Å². The Morgan fingerprint density at radius 1 is 1.09 bits per heavy atom. The average molecular weight is 521 g/mol. The summed E-state index contributed by atoms with van der Waals surface area (Å²) in [4.78, 5) is 13.0. The Morgan fingerprint density at radius 3 is 2.47 bits per heavy atom. The van der Waals surface area contributed by atoms with Crippen molar-refractivity contribution in [1.29, 1.82) is 0 Å². The Kier molecular flexibility index (Phi) is 7.65. The maximum absolute atomic E-state index is 14.2. The van der Waals surface area contributed by atoms with Gasteiger partial charge in [0, 0.05) is 4.47 Å². The smallest absolute Gasteiger partial charge is 0.245 e. The zero-order valence-corrected chi connectivity index (χ0v) is 19.8. The summed E-state index contributed by atoms with van der Waals surface area (Å²) in [6, 6.07) is 16.7. The minimum atomic E-state index is -4.14. The highest BCUT2D eigenvalue weighted by Crippen LogP contribution is 2.25. The van der Waals surface area contributed by atoms with Crippen LogP contribution in [0.5, 0.6) is 5.75 Å². The molecule has 0 aliphatic rings. The van der Waals surface area contributed by atoms with Crippen LogP contribution in [0.3, 0.4) is 0 Å². The Labute approximate surface area is 195 Å². The maximum Gasteiger partial charge on any atom is 0.245 e. The first kappa shape index (κ1) is 23.9. The van der Waals surface area contributed by atoms with E-state index in [1.807, 2.05) is 6.07 Å². The van der Waals surface area contributed by atoms with Gasteiger partial charge in [-0.1, -0.05) is 52.3 Å². The van der Waals surface area contributed by atoms with Crippen molar-refractivity contribution < 1.29 is 22.3 Å². The van der Waals surface area contributed by atoms with Crippen LogP contribution in [-0.4, -0.2) is 27.5 Å². The van der Waals surface area contributed by atoms with Gasteiger partial charge in [-0.3, -0.25) is 4.79 Å². The molecule has 0 fully saturated rings. The normalized spacial score (nSPS) is 12.2. The van der Waals surface area contributed by atoms with Crippen molar-refractivity contribution in [1.82, 2.24) is 4.72 Å². The van der Waals surface area contributed by atoms with E-state index in [0.29, 0.717) is 10.0 Å². The van der Waals surface area contributed by atoms with Crippen LogP contribution in [0.15, 0.2) is 76.1 Å². The molecule has 0 saturated heterocycles. The lowest BCUT2D eigenvalue weighted by molar-refractivity contribution is -0.117. The molecule has 2 N–H and O–H groups in total. The summed E-state index contributed by atoms with van der Waals surface area (Å²) in [6.07, 6.45) is 0.0676. The van der Waals surface area contributed by atoms with Gasteiger partial charge in [0.05, 0.1) is 12.8 Å². The van der Waals surface area contributed by atoms with E-state index in [2.05, 4.69) is 26.0 Å². The summed E-state index contributed by atoms with van der Waals surface area (Å²) < 4.78 is 48.8. The third-order valence-corrected chi connectivity index (χ3v) is 6.68. The number of hydrogen-bond acceptors (Lipinski definition) is 4. The Hall–Kier alpha value is -2.75. The quantitative estimate of drug-likeness (QED) is 0.460. The number of rotatable bonds is 8. The number of benzene rings is 3. The molecule has 0 aliphatic carbocycles. The predicted octanol–water partition coefficient (Wildman–Crippen LogP) is 4.43.